The molecular formula is C12H12ClN3O. The Bertz CT molecular complexity index is 519. The summed E-state index contributed by atoms with van der Waals surface area (Å²) in [6, 6.07) is 7.66. The standard InChI is InChI=1S/C12H12ClN3O/c1-16(12-11(13)14-7-8-15-12)9-5-3-4-6-10(9)17-2/h3-8H,1-2H3. The van der Waals surface area contributed by atoms with Crippen molar-refractivity contribution in [3.8, 4) is 5.75 Å². The summed E-state index contributed by atoms with van der Waals surface area (Å²) in [6.45, 7) is 0. The molecule has 0 spiro atoms. The second-order valence-electron chi connectivity index (χ2n) is 3.40. The van der Waals surface area contributed by atoms with Crippen LogP contribution in [0, 0.1) is 0 Å². The van der Waals surface area contributed by atoms with Gasteiger partial charge in [-0.2, -0.15) is 0 Å². The van der Waals surface area contributed by atoms with Gasteiger partial charge in [-0.3, -0.25) is 0 Å². The molecule has 0 saturated heterocycles. The molecule has 1 aromatic carbocycles. The van der Waals surface area contributed by atoms with Crippen molar-refractivity contribution in [1.82, 2.24) is 9.97 Å². The number of nitrogens with zero attached hydrogens (tertiary/aromatic N) is 3. The molecule has 2 aromatic rings. The number of ether oxygens (including phenoxy) is 1. The van der Waals surface area contributed by atoms with E-state index >= 15 is 0 Å². The number of hydrogen-bond donors (Lipinski definition) is 0. The lowest BCUT2D eigenvalue weighted by molar-refractivity contribution is 0.415. The Morgan fingerprint density at radius 1 is 1.18 bits per heavy atom. The molecule has 0 fully saturated rings. The Morgan fingerprint density at radius 3 is 2.59 bits per heavy atom. The van der Waals surface area contributed by atoms with Crippen LogP contribution in [0.3, 0.4) is 0 Å². The molecule has 2 rings (SSSR count). The van der Waals surface area contributed by atoms with Crippen LogP contribution in [0.1, 0.15) is 0 Å². The van der Waals surface area contributed by atoms with Crippen molar-refractivity contribution in [3.05, 3.63) is 41.8 Å². The number of benzene rings is 1. The maximum atomic E-state index is 6.01. The summed E-state index contributed by atoms with van der Waals surface area (Å²) in [5.74, 6) is 1.36. The van der Waals surface area contributed by atoms with Gasteiger partial charge in [0, 0.05) is 19.4 Å². The quantitative estimate of drug-likeness (QED) is 0.838. The van der Waals surface area contributed by atoms with Crippen LogP contribution in [0.25, 0.3) is 0 Å². The molecule has 0 aliphatic heterocycles. The highest BCUT2D eigenvalue weighted by Gasteiger charge is 2.13. The molecular weight excluding hydrogens is 238 g/mol. The van der Waals surface area contributed by atoms with Gasteiger partial charge in [0.2, 0.25) is 0 Å². The molecule has 1 aromatic heterocycles. The van der Waals surface area contributed by atoms with Crippen LogP contribution in [-0.2, 0) is 0 Å². The number of para-hydroxylation sites is 2. The van der Waals surface area contributed by atoms with E-state index in [1.165, 1.54) is 0 Å². The summed E-state index contributed by atoms with van der Waals surface area (Å²) in [5, 5.41) is 0.362. The second-order valence-corrected chi connectivity index (χ2v) is 3.76. The fourth-order valence-electron chi connectivity index (χ4n) is 1.56. The molecule has 0 saturated carbocycles. The highest BCUT2D eigenvalue weighted by atomic mass is 35.5. The van der Waals surface area contributed by atoms with Crippen LogP contribution < -0.4 is 9.64 Å². The summed E-state index contributed by atoms with van der Waals surface area (Å²) < 4.78 is 5.29. The predicted octanol–water partition coefficient (Wildman–Crippen LogP) is 2.91. The number of methoxy groups -OCH3 is 1. The Labute approximate surface area is 105 Å². The highest BCUT2D eigenvalue weighted by Crippen LogP contribution is 2.33. The molecule has 0 bridgehead atoms. The zero-order valence-electron chi connectivity index (χ0n) is 9.59. The summed E-state index contributed by atoms with van der Waals surface area (Å²) in [6.07, 6.45) is 3.16. The minimum atomic E-state index is 0.362. The summed E-state index contributed by atoms with van der Waals surface area (Å²) in [4.78, 5) is 10.0. The van der Waals surface area contributed by atoms with Crippen LogP contribution in [0.15, 0.2) is 36.7 Å². The Hall–Kier alpha value is -1.81. The number of anilines is 2. The normalized spacial score (nSPS) is 10.1. The molecule has 0 radical (unpaired) electrons. The molecule has 0 N–H and O–H groups in total. The molecule has 4 nitrogen and oxygen atoms in total. The third-order valence-corrected chi connectivity index (χ3v) is 2.67. The van der Waals surface area contributed by atoms with Gasteiger partial charge in [0.25, 0.3) is 0 Å². The van der Waals surface area contributed by atoms with Crippen molar-refractivity contribution in [1.29, 1.82) is 0 Å². The number of aromatic nitrogens is 2. The molecule has 0 atom stereocenters. The van der Waals surface area contributed by atoms with E-state index in [9.17, 15) is 0 Å². The first-order valence-electron chi connectivity index (χ1n) is 5.07. The topological polar surface area (TPSA) is 38.2 Å². The summed E-state index contributed by atoms with van der Waals surface area (Å²) in [7, 11) is 3.50. The highest BCUT2D eigenvalue weighted by molar-refractivity contribution is 6.31. The van der Waals surface area contributed by atoms with Crippen molar-refractivity contribution < 1.29 is 4.74 Å². The van der Waals surface area contributed by atoms with Gasteiger partial charge in [-0.05, 0) is 12.1 Å². The molecule has 0 aliphatic carbocycles. The van der Waals surface area contributed by atoms with Crippen molar-refractivity contribution in [3.63, 3.8) is 0 Å². The largest absolute Gasteiger partial charge is 0.495 e. The number of halogens is 1. The second kappa shape index (κ2) is 5.01. The van der Waals surface area contributed by atoms with Gasteiger partial charge in [-0.1, -0.05) is 23.7 Å². The molecule has 17 heavy (non-hydrogen) atoms. The van der Waals surface area contributed by atoms with E-state index in [1.807, 2.05) is 36.2 Å². The maximum Gasteiger partial charge on any atom is 0.172 e. The van der Waals surface area contributed by atoms with Crippen molar-refractivity contribution >= 4 is 23.1 Å². The fraction of sp³-hybridized carbons (Fsp3) is 0.167. The van der Waals surface area contributed by atoms with Gasteiger partial charge in [0.15, 0.2) is 11.0 Å². The van der Waals surface area contributed by atoms with Gasteiger partial charge < -0.3 is 9.64 Å². The first-order valence-corrected chi connectivity index (χ1v) is 5.45. The third kappa shape index (κ3) is 2.31. The van der Waals surface area contributed by atoms with E-state index in [2.05, 4.69) is 9.97 Å². The SMILES string of the molecule is COc1ccccc1N(C)c1nccnc1Cl. The van der Waals surface area contributed by atoms with Crippen molar-refractivity contribution in [2.45, 2.75) is 0 Å². The minimum Gasteiger partial charge on any atom is -0.495 e. The summed E-state index contributed by atoms with van der Waals surface area (Å²) in [5.41, 5.74) is 0.886. The lowest BCUT2D eigenvalue weighted by atomic mass is 10.2. The minimum absolute atomic E-state index is 0.362. The molecule has 88 valence electrons. The fourth-order valence-corrected chi connectivity index (χ4v) is 1.79. The van der Waals surface area contributed by atoms with Crippen molar-refractivity contribution in [2.24, 2.45) is 0 Å². The van der Waals surface area contributed by atoms with Gasteiger partial charge >= 0.3 is 0 Å². The Morgan fingerprint density at radius 2 is 1.88 bits per heavy atom. The van der Waals surface area contributed by atoms with Gasteiger partial charge in [-0.15, -0.1) is 0 Å². The smallest absolute Gasteiger partial charge is 0.172 e. The maximum absolute atomic E-state index is 6.01. The number of hydrogen-bond acceptors (Lipinski definition) is 4. The van der Waals surface area contributed by atoms with E-state index in [0.29, 0.717) is 11.0 Å². The van der Waals surface area contributed by atoms with Crippen LogP contribution in [-0.4, -0.2) is 24.1 Å². The average molecular weight is 250 g/mol. The van der Waals surface area contributed by atoms with Crippen LogP contribution in [0.2, 0.25) is 5.15 Å². The van der Waals surface area contributed by atoms with Crippen LogP contribution >= 0.6 is 11.6 Å². The molecule has 1 heterocycles. The lowest BCUT2D eigenvalue weighted by Crippen LogP contribution is -2.13. The van der Waals surface area contributed by atoms with Crippen molar-refractivity contribution in [2.75, 3.05) is 19.1 Å². The monoisotopic (exact) mass is 249 g/mol. The zero-order chi connectivity index (χ0) is 12.3. The first-order chi connectivity index (χ1) is 8.24. The Kier molecular flexibility index (Phi) is 3.44. The molecule has 5 heteroatoms. The van der Waals surface area contributed by atoms with Crippen LogP contribution in [0.4, 0.5) is 11.5 Å². The lowest BCUT2D eigenvalue weighted by Gasteiger charge is -2.20. The predicted molar refractivity (Wildman–Crippen MR) is 68.1 cm³/mol. The van der Waals surface area contributed by atoms with Gasteiger partial charge in [0.05, 0.1) is 12.8 Å². The van der Waals surface area contributed by atoms with Gasteiger partial charge in [0.1, 0.15) is 5.75 Å². The number of rotatable bonds is 3. The van der Waals surface area contributed by atoms with Gasteiger partial charge in [-0.25, -0.2) is 9.97 Å². The molecule has 0 amide bonds. The summed E-state index contributed by atoms with van der Waals surface area (Å²) >= 11 is 6.01. The van der Waals surface area contributed by atoms with E-state index in [1.54, 1.807) is 19.5 Å². The third-order valence-electron chi connectivity index (χ3n) is 2.40. The molecule has 0 unspecified atom stereocenters. The van der Waals surface area contributed by atoms with E-state index in [4.69, 9.17) is 16.3 Å². The first kappa shape index (κ1) is 11.7. The van der Waals surface area contributed by atoms with Crippen LogP contribution in [0.5, 0.6) is 5.75 Å². The van der Waals surface area contributed by atoms with E-state index in [0.717, 1.165) is 11.4 Å². The zero-order valence-corrected chi connectivity index (χ0v) is 10.3. The molecule has 0 aliphatic rings. The average Bonchev–Trinajstić information content (AvgIpc) is 2.38. The Balaban J connectivity index is 2.44. The van der Waals surface area contributed by atoms with E-state index < -0.39 is 0 Å². The van der Waals surface area contributed by atoms with E-state index in [-0.39, 0.29) is 0 Å².